The van der Waals surface area contributed by atoms with Crippen molar-refractivity contribution in [1.82, 2.24) is 0 Å². The first-order valence-corrected chi connectivity index (χ1v) is 3.84. The van der Waals surface area contributed by atoms with Crippen molar-refractivity contribution in [1.29, 1.82) is 0 Å². The van der Waals surface area contributed by atoms with E-state index in [4.69, 9.17) is 21.8 Å². The van der Waals surface area contributed by atoms with Gasteiger partial charge in [-0.05, 0) is 23.7 Å². The molecule has 0 bridgehead atoms. The van der Waals surface area contributed by atoms with E-state index in [1.807, 2.05) is 0 Å². The van der Waals surface area contributed by atoms with Crippen molar-refractivity contribution >= 4 is 11.6 Å². The van der Waals surface area contributed by atoms with Crippen LogP contribution in [0.4, 0.5) is 13.2 Å². The summed E-state index contributed by atoms with van der Waals surface area (Å²) in [5, 5.41) is 0.0596. The first-order chi connectivity index (χ1) is 5.89. The second kappa shape index (κ2) is 3.59. The molecule has 2 nitrogen and oxygen atoms in total. The summed E-state index contributed by atoms with van der Waals surface area (Å²) in [6.45, 7) is 0. The molecule has 0 fully saturated rings. The summed E-state index contributed by atoms with van der Waals surface area (Å²) in [5.41, 5.74) is 4.86. The maximum atomic E-state index is 11.9. The van der Waals surface area contributed by atoms with Crippen LogP contribution in [0, 0.1) is 0 Å². The molecule has 1 aromatic rings. The van der Waals surface area contributed by atoms with Crippen LogP contribution in [0.2, 0.25) is 5.22 Å². The summed E-state index contributed by atoms with van der Waals surface area (Å²) in [4.78, 5) is 0. The van der Waals surface area contributed by atoms with Gasteiger partial charge in [-0.15, -0.1) is 0 Å². The highest BCUT2D eigenvalue weighted by Crippen LogP contribution is 2.23. The molecule has 0 aliphatic rings. The quantitative estimate of drug-likeness (QED) is 0.819. The van der Waals surface area contributed by atoms with Crippen molar-refractivity contribution in [2.24, 2.45) is 5.73 Å². The molecule has 0 aliphatic carbocycles. The lowest BCUT2D eigenvalue weighted by atomic mass is 10.2. The van der Waals surface area contributed by atoms with Gasteiger partial charge in [0.25, 0.3) is 0 Å². The van der Waals surface area contributed by atoms with E-state index >= 15 is 0 Å². The van der Waals surface area contributed by atoms with E-state index in [9.17, 15) is 13.2 Å². The predicted molar refractivity (Wildman–Crippen MR) is 41.5 cm³/mol. The van der Waals surface area contributed by atoms with Crippen LogP contribution in [0.3, 0.4) is 0 Å². The van der Waals surface area contributed by atoms with Gasteiger partial charge in [0.15, 0.2) is 5.22 Å². The van der Waals surface area contributed by atoms with E-state index in [0.29, 0.717) is 0 Å². The monoisotopic (exact) mass is 213 g/mol. The van der Waals surface area contributed by atoms with Gasteiger partial charge in [-0.1, -0.05) is 0 Å². The second-order valence-corrected chi connectivity index (χ2v) is 2.93. The van der Waals surface area contributed by atoms with Gasteiger partial charge in [-0.25, -0.2) is 0 Å². The molecule has 0 aliphatic heterocycles. The van der Waals surface area contributed by atoms with E-state index in [2.05, 4.69) is 0 Å². The number of halogens is 4. The summed E-state index contributed by atoms with van der Waals surface area (Å²) in [5.74, 6) is 0.134. The minimum Gasteiger partial charge on any atom is -0.450 e. The summed E-state index contributed by atoms with van der Waals surface area (Å²) in [6, 6.07) is 0.836. The Bertz CT molecular complexity index is 284. The molecular formula is C7H7ClF3NO. The summed E-state index contributed by atoms with van der Waals surface area (Å²) < 4.78 is 40.6. The zero-order valence-electron chi connectivity index (χ0n) is 6.44. The molecule has 0 saturated heterocycles. The molecule has 0 spiro atoms. The summed E-state index contributed by atoms with van der Waals surface area (Å²) in [6.07, 6.45) is -4.80. The lowest BCUT2D eigenvalue weighted by molar-refractivity contribution is -0.147. The zero-order valence-corrected chi connectivity index (χ0v) is 7.19. The third-order valence-electron chi connectivity index (χ3n) is 1.47. The van der Waals surface area contributed by atoms with Gasteiger partial charge >= 0.3 is 6.18 Å². The van der Waals surface area contributed by atoms with Gasteiger partial charge in [0, 0.05) is 6.42 Å². The Labute approximate surface area is 77.5 Å². The molecule has 74 valence electrons. The maximum Gasteiger partial charge on any atom is 0.404 e. The van der Waals surface area contributed by atoms with Crippen LogP contribution < -0.4 is 5.73 Å². The van der Waals surface area contributed by atoms with Gasteiger partial charge in [0.2, 0.25) is 0 Å². The Hall–Kier alpha value is -0.680. The average molecular weight is 214 g/mol. The van der Waals surface area contributed by atoms with Gasteiger partial charge in [0.05, 0.1) is 0 Å². The van der Waals surface area contributed by atoms with Crippen LogP contribution in [0.25, 0.3) is 0 Å². The summed E-state index contributed by atoms with van der Waals surface area (Å²) >= 11 is 5.37. The zero-order chi connectivity index (χ0) is 10.1. The molecule has 2 N–H and O–H groups in total. The molecule has 1 aromatic heterocycles. The second-order valence-electron chi connectivity index (χ2n) is 2.56. The molecule has 0 aromatic carbocycles. The fraction of sp³-hybridized carbons (Fsp3) is 0.429. The smallest absolute Gasteiger partial charge is 0.404 e. The molecule has 0 amide bonds. The van der Waals surface area contributed by atoms with Crippen molar-refractivity contribution in [2.75, 3.05) is 0 Å². The van der Waals surface area contributed by atoms with E-state index in [1.165, 1.54) is 12.1 Å². The minimum atomic E-state index is -4.40. The largest absolute Gasteiger partial charge is 0.450 e. The van der Waals surface area contributed by atoms with Crippen molar-refractivity contribution < 1.29 is 17.6 Å². The van der Waals surface area contributed by atoms with E-state index in [0.717, 1.165) is 0 Å². The first kappa shape index (κ1) is 10.4. The number of rotatable bonds is 2. The van der Waals surface area contributed by atoms with Crippen molar-refractivity contribution in [2.45, 2.75) is 18.6 Å². The number of nitrogens with two attached hydrogens (primary N) is 1. The number of hydrogen-bond acceptors (Lipinski definition) is 2. The molecule has 1 rings (SSSR count). The maximum absolute atomic E-state index is 11.9. The van der Waals surface area contributed by atoms with Crippen molar-refractivity contribution in [3.63, 3.8) is 0 Å². The molecule has 0 saturated carbocycles. The number of hydrogen-bond donors (Lipinski definition) is 1. The van der Waals surface area contributed by atoms with Crippen molar-refractivity contribution in [3.05, 3.63) is 23.1 Å². The third-order valence-corrected chi connectivity index (χ3v) is 1.67. The topological polar surface area (TPSA) is 39.2 Å². The Balaban J connectivity index is 2.60. The average Bonchev–Trinajstić information content (AvgIpc) is 2.33. The fourth-order valence-electron chi connectivity index (χ4n) is 0.794. The van der Waals surface area contributed by atoms with E-state index in [1.54, 1.807) is 0 Å². The Kier molecular flexibility index (Phi) is 2.87. The Morgan fingerprint density at radius 1 is 1.46 bits per heavy atom. The van der Waals surface area contributed by atoms with Gasteiger partial charge < -0.3 is 10.2 Å². The first-order valence-electron chi connectivity index (χ1n) is 3.46. The molecule has 6 heteroatoms. The highest BCUT2D eigenvalue weighted by molar-refractivity contribution is 6.28. The minimum absolute atomic E-state index is 0.0596. The van der Waals surface area contributed by atoms with Crippen LogP contribution >= 0.6 is 11.6 Å². The van der Waals surface area contributed by atoms with Gasteiger partial charge in [0.1, 0.15) is 11.8 Å². The van der Waals surface area contributed by atoms with Crippen LogP contribution in [0.5, 0.6) is 0 Å². The standard InChI is InChI=1S/C7H7ClF3NO/c8-6-2-1-4(13-6)3-5(12)7(9,10)11/h1-2,5H,3,12H2. The molecule has 1 unspecified atom stereocenters. The normalized spacial score (nSPS) is 14.5. The highest BCUT2D eigenvalue weighted by atomic mass is 35.5. The third kappa shape index (κ3) is 2.93. The molecule has 1 heterocycles. The van der Waals surface area contributed by atoms with E-state index < -0.39 is 18.6 Å². The highest BCUT2D eigenvalue weighted by Gasteiger charge is 2.37. The van der Waals surface area contributed by atoms with Crippen LogP contribution in [-0.4, -0.2) is 12.2 Å². The lowest BCUT2D eigenvalue weighted by Crippen LogP contribution is -2.38. The molecular weight excluding hydrogens is 207 g/mol. The van der Waals surface area contributed by atoms with Crippen LogP contribution in [-0.2, 0) is 6.42 Å². The fourth-order valence-corrected chi connectivity index (χ4v) is 0.956. The van der Waals surface area contributed by atoms with Crippen LogP contribution in [0.15, 0.2) is 16.5 Å². The SMILES string of the molecule is NC(Cc1ccc(Cl)o1)C(F)(F)F. The molecule has 13 heavy (non-hydrogen) atoms. The number of alkyl halides is 3. The van der Waals surface area contributed by atoms with Gasteiger partial charge in [-0.3, -0.25) is 0 Å². The molecule has 1 atom stereocenters. The van der Waals surface area contributed by atoms with E-state index in [-0.39, 0.29) is 11.0 Å². The van der Waals surface area contributed by atoms with Crippen LogP contribution in [0.1, 0.15) is 5.76 Å². The summed E-state index contributed by atoms with van der Waals surface area (Å²) in [7, 11) is 0. The number of furan rings is 1. The lowest BCUT2D eigenvalue weighted by Gasteiger charge is -2.13. The van der Waals surface area contributed by atoms with Crippen molar-refractivity contribution in [3.8, 4) is 0 Å². The predicted octanol–water partition coefficient (Wildman–Crippen LogP) is 2.37. The molecule has 0 radical (unpaired) electrons. The Morgan fingerprint density at radius 2 is 2.08 bits per heavy atom. The Morgan fingerprint density at radius 3 is 2.46 bits per heavy atom. The van der Waals surface area contributed by atoms with Gasteiger partial charge in [-0.2, -0.15) is 13.2 Å².